The summed E-state index contributed by atoms with van der Waals surface area (Å²) in [6, 6.07) is 23.5. The van der Waals surface area contributed by atoms with Gasteiger partial charge in [0.2, 0.25) is 0 Å². The molecule has 0 radical (unpaired) electrons. The number of rotatable bonds is 3. The predicted octanol–water partition coefficient (Wildman–Crippen LogP) is 10.3. The molecular formula is C38H46. The van der Waals surface area contributed by atoms with Crippen molar-refractivity contribution in [3.8, 4) is 11.1 Å². The largest absolute Gasteiger partial charge is 0.0761 e. The van der Waals surface area contributed by atoms with Crippen LogP contribution in [0.2, 0.25) is 0 Å². The smallest absolute Gasteiger partial charge is 0.0275 e. The van der Waals surface area contributed by atoms with Gasteiger partial charge in [0.1, 0.15) is 0 Å². The van der Waals surface area contributed by atoms with Gasteiger partial charge in [-0.25, -0.2) is 0 Å². The van der Waals surface area contributed by atoms with Crippen molar-refractivity contribution >= 4 is 0 Å². The molecular weight excluding hydrogens is 456 g/mol. The average molecular weight is 503 g/mol. The van der Waals surface area contributed by atoms with Crippen LogP contribution in [0.4, 0.5) is 0 Å². The van der Waals surface area contributed by atoms with Crippen LogP contribution >= 0.6 is 0 Å². The Morgan fingerprint density at radius 1 is 0.605 bits per heavy atom. The van der Waals surface area contributed by atoms with Crippen LogP contribution in [0.15, 0.2) is 84.5 Å². The summed E-state index contributed by atoms with van der Waals surface area (Å²) in [6.07, 6.45) is 8.39. The van der Waals surface area contributed by atoms with Crippen LogP contribution in [0.5, 0.6) is 0 Å². The van der Waals surface area contributed by atoms with Crippen molar-refractivity contribution in [2.75, 3.05) is 0 Å². The first-order valence-electron chi connectivity index (χ1n) is 14.4. The van der Waals surface area contributed by atoms with E-state index in [2.05, 4.69) is 148 Å². The maximum Gasteiger partial charge on any atom is 0.0275 e. The third kappa shape index (κ3) is 4.51. The van der Waals surface area contributed by atoms with Crippen LogP contribution in [-0.4, -0.2) is 0 Å². The highest BCUT2D eigenvalue weighted by Gasteiger charge is 2.41. The Labute approximate surface area is 231 Å². The van der Waals surface area contributed by atoms with Crippen molar-refractivity contribution in [2.24, 2.45) is 11.3 Å². The fourth-order valence-corrected chi connectivity index (χ4v) is 6.32. The van der Waals surface area contributed by atoms with Crippen LogP contribution in [0, 0.1) is 11.3 Å². The van der Waals surface area contributed by atoms with E-state index in [-0.39, 0.29) is 21.7 Å². The van der Waals surface area contributed by atoms with Crippen molar-refractivity contribution < 1.29 is 0 Å². The van der Waals surface area contributed by atoms with E-state index in [1.54, 1.807) is 0 Å². The van der Waals surface area contributed by atoms with Gasteiger partial charge in [-0.2, -0.15) is 0 Å². The Morgan fingerprint density at radius 3 is 1.82 bits per heavy atom. The summed E-state index contributed by atoms with van der Waals surface area (Å²) in [5.41, 5.74) is 13.1. The molecule has 0 bridgehead atoms. The van der Waals surface area contributed by atoms with Gasteiger partial charge < -0.3 is 0 Å². The van der Waals surface area contributed by atoms with Crippen molar-refractivity contribution in [1.82, 2.24) is 0 Å². The molecule has 198 valence electrons. The Morgan fingerprint density at radius 2 is 1.24 bits per heavy atom. The molecule has 2 unspecified atom stereocenters. The predicted molar refractivity (Wildman–Crippen MR) is 165 cm³/mol. The van der Waals surface area contributed by atoms with E-state index in [0.717, 1.165) is 6.42 Å². The second-order valence-electron chi connectivity index (χ2n) is 14.9. The number of benzene rings is 3. The summed E-state index contributed by atoms with van der Waals surface area (Å²) in [5.74, 6) is 0.298. The second kappa shape index (κ2) is 8.84. The van der Waals surface area contributed by atoms with Gasteiger partial charge in [0, 0.05) is 11.3 Å². The molecule has 0 N–H and O–H groups in total. The van der Waals surface area contributed by atoms with Gasteiger partial charge in [0.05, 0.1) is 0 Å². The lowest BCUT2D eigenvalue weighted by Gasteiger charge is -2.38. The third-order valence-corrected chi connectivity index (χ3v) is 9.06. The Hall–Kier alpha value is -2.86. The van der Waals surface area contributed by atoms with Gasteiger partial charge in [-0.1, -0.05) is 148 Å². The zero-order valence-corrected chi connectivity index (χ0v) is 25.3. The normalized spacial score (nSPS) is 18.7. The molecule has 0 saturated heterocycles. The monoisotopic (exact) mass is 502 g/mol. The highest BCUT2D eigenvalue weighted by molar-refractivity contribution is 5.80. The summed E-state index contributed by atoms with van der Waals surface area (Å²) >= 11 is 0. The highest BCUT2D eigenvalue weighted by atomic mass is 14.4. The molecule has 0 aliphatic heterocycles. The van der Waals surface area contributed by atoms with E-state index >= 15 is 0 Å². The molecule has 38 heavy (non-hydrogen) atoms. The number of fused-ring (bicyclic) bond motifs is 3. The number of hydrogen-bond acceptors (Lipinski definition) is 0. The molecule has 0 fully saturated rings. The molecule has 0 nitrogen and oxygen atoms in total. The fourth-order valence-electron chi connectivity index (χ4n) is 6.32. The van der Waals surface area contributed by atoms with Crippen molar-refractivity contribution in [2.45, 2.75) is 91.9 Å². The van der Waals surface area contributed by atoms with E-state index in [9.17, 15) is 0 Å². The molecule has 2 aliphatic carbocycles. The molecule has 0 saturated carbocycles. The minimum absolute atomic E-state index is 0.0592. The van der Waals surface area contributed by atoms with Gasteiger partial charge in [-0.15, -0.1) is 0 Å². The topological polar surface area (TPSA) is 0 Å². The van der Waals surface area contributed by atoms with Crippen LogP contribution in [0.25, 0.3) is 11.1 Å². The molecule has 2 atom stereocenters. The van der Waals surface area contributed by atoms with E-state index < -0.39 is 0 Å². The zero-order chi connectivity index (χ0) is 27.7. The number of allylic oxidation sites excluding steroid dienone is 4. The van der Waals surface area contributed by atoms with Crippen LogP contribution in [-0.2, 0) is 22.7 Å². The first-order valence-corrected chi connectivity index (χ1v) is 14.4. The minimum atomic E-state index is -0.176. The molecule has 3 aromatic carbocycles. The van der Waals surface area contributed by atoms with Crippen molar-refractivity contribution in [3.63, 3.8) is 0 Å². The second-order valence-corrected chi connectivity index (χ2v) is 14.9. The lowest BCUT2D eigenvalue weighted by molar-refractivity contribution is 0.472. The van der Waals surface area contributed by atoms with Gasteiger partial charge in [-0.3, -0.25) is 0 Å². The van der Waals surface area contributed by atoms with Crippen LogP contribution in [0.3, 0.4) is 0 Å². The third-order valence-electron chi connectivity index (χ3n) is 9.06. The molecule has 3 aromatic rings. The van der Waals surface area contributed by atoms with E-state index in [1.807, 2.05) is 0 Å². The van der Waals surface area contributed by atoms with Gasteiger partial charge in [0.25, 0.3) is 0 Å². The Balaban J connectivity index is 1.80. The Kier molecular flexibility index (Phi) is 6.22. The van der Waals surface area contributed by atoms with Crippen LogP contribution in [0.1, 0.15) is 103 Å². The average Bonchev–Trinajstić information content (AvgIpc) is 3.48. The van der Waals surface area contributed by atoms with E-state index in [1.165, 1.54) is 50.1 Å². The summed E-state index contributed by atoms with van der Waals surface area (Å²) in [5, 5.41) is 0. The van der Waals surface area contributed by atoms with E-state index in [4.69, 9.17) is 0 Å². The lowest BCUT2D eigenvalue weighted by Crippen LogP contribution is -2.33. The summed E-state index contributed by atoms with van der Waals surface area (Å²) < 4.78 is 0. The quantitative estimate of drug-likeness (QED) is 0.261. The summed E-state index contributed by atoms with van der Waals surface area (Å²) in [7, 11) is 0. The Bertz CT molecular complexity index is 1420. The molecule has 0 amide bonds. The van der Waals surface area contributed by atoms with Crippen LogP contribution < -0.4 is 0 Å². The number of hydrogen-bond donors (Lipinski definition) is 0. The minimum Gasteiger partial charge on any atom is -0.0761 e. The standard InChI is InChI=1S/C38H46/c1-35(2,3)27-18-19-29(21-27)38(10,26-14-12-11-13-15-26)34-24-30(37(7,8)9)23-32-31-22-28(36(4,5)6)17-16-25(31)20-33(32)34/h11-19,21-24,29H,20H2,1-10H3. The molecule has 0 heterocycles. The summed E-state index contributed by atoms with van der Waals surface area (Å²) in [4.78, 5) is 0. The molecule has 2 aliphatic rings. The van der Waals surface area contributed by atoms with Gasteiger partial charge in [0.15, 0.2) is 0 Å². The zero-order valence-electron chi connectivity index (χ0n) is 25.3. The maximum atomic E-state index is 2.55. The highest BCUT2D eigenvalue weighted by Crippen LogP contribution is 2.51. The first kappa shape index (κ1) is 26.7. The van der Waals surface area contributed by atoms with Gasteiger partial charge in [-0.05, 0) is 72.7 Å². The SMILES string of the molecule is CC(C)(C)C1=CC(C(C)(c2ccccc2)c2cc(C(C)(C)C)cc3c2Cc2ccc(C(C)(C)C)cc2-3)C=C1. The molecule has 5 rings (SSSR count). The van der Waals surface area contributed by atoms with Gasteiger partial charge >= 0.3 is 0 Å². The molecule has 0 heteroatoms. The maximum absolute atomic E-state index is 2.55. The first-order chi connectivity index (χ1) is 17.6. The fraction of sp³-hybridized carbons (Fsp3) is 0.421. The van der Waals surface area contributed by atoms with E-state index in [0.29, 0.717) is 5.92 Å². The summed E-state index contributed by atoms with van der Waals surface area (Å²) in [6.45, 7) is 23.5. The lowest BCUT2D eigenvalue weighted by atomic mass is 9.64. The van der Waals surface area contributed by atoms with Crippen molar-refractivity contribution in [1.29, 1.82) is 0 Å². The van der Waals surface area contributed by atoms with Crippen molar-refractivity contribution in [3.05, 3.63) is 118 Å². The molecule has 0 aromatic heterocycles. The molecule has 0 spiro atoms.